The molecule has 1 unspecified atom stereocenters. The zero-order valence-corrected chi connectivity index (χ0v) is 9.71. The quantitative estimate of drug-likeness (QED) is 0.880. The number of halogens is 1. The zero-order valence-electron chi connectivity index (χ0n) is 8.13. The van der Waals surface area contributed by atoms with Gasteiger partial charge in [0.2, 0.25) is 0 Å². The molecule has 13 heavy (non-hydrogen) atoms. The zero-order chi connectivity index (χ0) is 9.84. The van der Waals surface area contributed by atoms with Gasteiger partial charge in [-0.3, -0.25) is 4.68 Å². The third-order valence-electron chi connectivity index (χ3n) is 2.14. The first-order valence-corrected chi connectivity index (χ1v) is 5.38. The Morgan fingerprint density at radius 1 is 1.69 bits per heavy atom. The van der Waals surface area contributed by atoms with Gasteiger partial charge in [-0.1, -0.05) is 6.92 Å². The van der Waals surface area contributed by atoms with Crippen molar-refractivity contribution in [3.8, 4) is 0 Å². The highest BCUT2D eigenvalue weighted by Crippen LogP contribution is 2.19. The van der Waals surface area contributed by atoms with Crippen LogP contribution < -0.4 is 5.73 Å². The van der Waals surface area contributed by atoms with Gasteiger partial charge < -0.3 is 5.73 Å². The summed E-state index contributed by atoms with van der Waals surface area (Å²) in [7, 11) is 0. The fourth-order valence-electron chi connectivity index (χ4n) is 1.28. The van der Waals surface area contributed by atoms with Crippen molar-refractivity contribution in [3.05, 3.63) is 16.4 Å². The third kappa shape index (κ3) is 2.54. The molecule has 1 aromatic heterocycles. The summed E-state index contributed by atoms with van der Waals surface area (Å²) in [6.07, 6.45) is 2.84. The highest BCUT2D eigenvalue weighted by atomic mass is 79.9. The molecule has 0 aliphatic heterocycles. The lowest BCUT2D eigenvalue weighted by Crippen LogP contribution is -2.15. The predicted molar refractivity (Wildman–Crippen MR) is 57.5 cm³/mol. The van der Waals surface area contributed by atoms with Crippen molar-refractivity contribution in [1.29, 1.82) is 0 Å². The second-order valence-electron chi connectivity index (χ2n) is 3.30. The summed E-state index contributed by atoms with van der Waals surface area (Å²) >= 11 is 3.49. The minimum Gasteiger partial charge on any atom is -0.330 e. The second kappa shape index (κ2) is 4.77. The molecule has 1 aromatic rings. The first kappa shape index (κ1) is 10.7. The van der Waals surface area contributed by atoms with Crippen LogP contribution in [0.4, 0.5) is 0 Å². The van der Waals surface area contributed by atoms with E-state index in [0.29, 0.717) is 5.92 Å². The van der Waals surface area contributed by atoms with Crippen molar-refractivity contribution in [1.82, 2.24) is 9.78 Å². The molecule has 4 heteroatoms. The number of hydrogen-bond acceptors (Lipinski definition) is 2. The van der Waals surface area contributed by atoms with Crippen LogP contribution in [0.1, 0.15) is 19.5 Å². The average Bonchev–Trinajstić information content (AvgIpc) is 2.48. The van der Waals surface area contributed by atoms with Crippen LogP contribution in [0, 0.1) is 5.92 Å². The van der Waals surface area contributed by atoms with Crippen molar-refractivity contribution in [2.45, 2.75) is 26.8 Å². The Morgan fingerprint density at radius 3 is 2.92 bits per heavy atom. The maximum atomic E-state index is 5.59. The molecule has 0 amide bonds. The van der Waals surface area contributed by atoms with Crippen molar-refractivity contribution in [2.75, 3.05) is 6.54 Å². The summed E-state index contributed by atoms with van der Waals surface area (Å²) in [6, 6.07) is 0. The number of nitrogens with two attached hydrogens (primary N) is 1. The predicted octanol–water partition coefficient (Wildman–Crippen LogP) is 1.80. The monoisotopic (exact) mass is 245 g/mol. The molecule has 0 saturated carbocycles. The minimum absolute atomic E-state index is 0.512. The van der Waals surface area contributed by atoms with Crippen LogP contribution in [0.15, 0.2) is 10.7 Å². The minimum atomic E-state index is 0.512. The largest absolute Gasteiger partial charge is 0.330 e. The molecular formula is C9H16BrN3. The highest BCUT2D eigenvalue weighted by molar-refractivity contribution is 9.10. The smallest absolute Gasteiger partial charge is 0.0635 e. The van der Waals surface area contributed by atoms with E-state index in [4.69, 9.17) is 5.73 Å². The Hall–Kier alpha value is -0.350. The van der Waals surface area contributed by atoms with E-state index < -0.39 is 0 Å². The van der Waals surface area contributed by atoms with Gasteiger partial charge in [-0.05, 0) is 41.7 Å². The van der Waals surface area contributed by atoms with Crippen LogP contribution in [-0.2, 0) is 13.0 Å². The van der Waals surface area contributed by atoms with Crippen molar-refractivity contribution < 1.29 is 0 Å². The molecular weight excluding hydrogens is 230 g/mol. The summed E-state index contributed by atoms with van der Waals surface area (Å²) in [6.45, 7) is 5.88. The number of hydrogen-bond donors (Lipinski definition) is 1. The van der Waals surface area contributed by atoms with E-state index in [0.717, 1.165) is 24.0 Å². The van der Waals surface area contributed by atoms with Crippen LogP contribution in [0.5, 0.6) is 0 Å². The van der Waals surface area contributed by atoms with Crippen LogP contribution in [-0.4, -0.2) is 16.3 Å². The van der Waals surface area contributed by atoms with Gasteiger partial charge in [0.15, 0.2) is 0 Å². The van der Waals surface area contributed by atoms with Crippen molar-refractivity contribution >= 4 is 15.9 Å². The van der Waals surface area contributed by atoms with Gasteiger partial charge >= 0.3 is 0 Å². The molecule has 0 aromatic carbocycles. The number of aromatic nitrogens is 2. The first-order chi connectivity index (χ1) is 6.19. The summed E-state index contributed by atoms with van der Waals surface area (Å²) < 4.78 is 3.10. The summed E-state index contributed by atoms with van der Waals surface area (Å²) in [5.41, 5.74) is 6.84. The van der Waals surface area contributed by atoms with Crippen LogP contribution in [0.2, 0.25) is 0 Å². The van der Waals surface area contributed by atoms with Gasteiger partial charge in [-0.15, -0.1) is 0 Å². The Kier molecular flexibility index (Phi) is 3.93. The van der Waals surface area contributed by atoms with E-state index in [1.807, 2.05) is 10.9 Å². The molecule has 1 heterocycles. The summed E-state index contributed by atoms with van der Waals surface area (Å²) in [4.78, 5) is 0. The maximum absolute atomic E-state index is 5.59. The molecule has 3 nitrogen and oxygen atoms in total. The van der Waals surface area contributed by atoms with Gasteiger partial charge in [0.25, 0.3) is 0 Å². The summed E-state index contributed by atoms with van der Waals surface area (Å²) in [5.74, 6) is 0.512. The SMILES string of the molecule is CCn1ncc(Br)c1CC(C)CN. The van der Waals surface area contributed by atoms with Crippen LogP contribution >= 0.6 is 15.9 Å². The van der Waals surface area contributed by atoms with Crippen LogP contribution in [0.3, 0.4) is 0 Å². The molecule has 0 aliphatic carbocycles. The number of nitrogens with zero attached hydrogens (tertiary/aromatic N) is 2. The summed E-state index contributed by atoms with van der Waals surface area (Å²) in [5, 5.41) is 4.25. The van der Waals surface area contributed by atoms with Gasteiger partial charge in [-0.25, -0.2) is 0 Å². The molecule has 0 radical (unpaired) electrons. The lowest BCUT2D eigenvalue weighted by Gasteiger charge is -2.10. The molecule has 0 bridgehead atoms. The van der Waals surface area contributed by atoms with E-state index in [1.165, 1.54) is 5.69 Å². The van der Waals surface area contributed by atoms with Gasteiger partial charge in [-0.2, -0.15) is 5.10 Å². The highest BCUT2D eigenvalue weighted by Gasteiger charge is 2.10. The Balaban J connectivity index is 2.79. The van der Waals surface area contributed by atoms with E-state index in [-0.39, 0.29) is 0 Å². The van der Waals surface area contributed by atoms with Gasteiger partial charge in [0.1, 0.15) is 0 Å². The molecule has 2 N–H and O–H groups in total. The molecule has 1 rings (SSSR count). The van der Waals surface area contributed by atoms with Gasteiger partial charge in [0, 0.05) is 6.54 Å². The Morgan fingerprint density at radius 2 is 2.38 bits per heavy atom. The number of rotatable bonds is 4. The topological polar surface area (TPSA) is 43.8 Å². The fraction of sp³-hybridized carbons (Fsp3) is 0.667. The Bertz CT molecular complexity index is 270. The molecule has 0 aliphatic rings. The molecule has 0 fully saturated rings. The molecule has 1 atom stereocenters. The second-order valence-corrected chi connectivity index (χ2v) is 4.15. The lowest BCUT2D eigenvalue weighted by molar-refractivity contribution is 0.537. The third-order valence-corrected chi connectivity index (χ3v) is 2.80. The normalized spacial score (nSPS) is 13.2. The standard InChI is InChI=1S/C9H16BrN3/c1-3-13-9(4-7(2)5-11)8(10)6-12-13/h6-7H,3-5,11H2,1-2H3. The van der Waals surface area contributed by atoms with Crippen molar-refractivity contribution in [2.24, 2.45) is 11.7 Å². The van der Waals surface area contributed by atoms with Gasteiger partial charge in [0.05, 0.1) is 16.4 Å². The average molecular weight is 246 g/mol. The maximum Gasteiger partial charge on any atom is 0.0635 e. The van der Waals surface area contributed by atoms with E-state index in [9.17, 15) is 0 Å². The fourth-order valence-corrected chi connectivity index (χ4v) is 1.73. The molecule has 0 saturated heterocycles. The van der Waals surface area contributed by atoms with E-state index in [1.54, 1.807) is 0 Å². The lowest BCUT2D eigenvalue weighted by atomic mass is 10.1. The van der Waals surface area contributed by atoms with Crippen LogP contribution in [0.25, 0.3) is 0 Å². The number of aryl methyl sites for hydroxylation is 1. The first-order valence-electron chi connectivity index (χ1n) is 4.59. The Labute approximate surface area is 87.4 Å². The molecule has 74 valence electrons. The van der Waals surface area contributed by atoms with E-state index >= 15 is 0 Å². The van der Waals surface area contributed by atoms with Crippen molar-refractivity contribution in [3.63, 3.8) is 0 Å². The molecule has 0 spiro atoms. The van der Waals surface area contributed by atoms with E-state index in [2.05, 4.69) is 34.9 Å².